The van der Waals surface area contributed by atoms with E-state index in [9.17, 15) is 0 Å². The minimum atomic E-state index is 1.09. The molecule has 3 heterocycles. The fraction of sp³-hybridized carbons (Fsp3) is 0. The number of nitrogens with one attached hydrogen (secondary N) is 1. The van der Waals surface area contributed by atoms with E-state index >= 15 is 0 Å². The molecular weight excluding hydrogens is 272 g/mol. The van der Waals surface area contributed by atoms with E-state index in [0.29, 0.717) is 0 Å². The third kappa shape index (κ3) is 1.72. The highest BCUT2D eigenvalue weighted by Crippen LogP contribution is 2.43. The van der Waals surface area contributed by atoms with E-state index < -0.39 is 0 Å². The Morgan fingerprint density at radius 1 is 0.895 bits per heavy atom. The van der Waals surface area contributed by atoms with Crippen molar-refractivity contribution in [1.29, 1.82) is 0 Å². The van der Waals surface area contributed by atoms with Gasteiger partial charge in [0.25, 0.3) is 0 Å². The van der Waals surface area contributed by atoms with Gasteiger partial charge in [-0.1, -0.05) is 30.3 Å². The quantitative estimate of drug-likeness (QED) is 0.549. The van der Waals surface area contributed by atoms with Crippen molar-refractivity contribution in [2.24, 2.45) is 0 Å². The number of benzene rings is 1. The highest BCUT2D eigenvalue weighted by molar-refractivity contribution is 7.27. The van der Waals surface area contributed by atoms with E-state index in [1.165, 1.54) is 26.1 Å². The minimum Gasteiger partial charge on any atom is -0.345 e. The van der Waals surface area contributed by atoms with Gasteiger partial charge in [-0.25, -0.2) is 4.98 Å². The van der Waals surface area contributed by atoms with Crippen molar-refractivity contribution in [1.82, 2.24) is 9.97 Å². The van der Waals surface area contributed by atoms with E-state index in [-0.39, 0.29) is 0 Å². The van der Waals surface area contributed by atoms with Gasteiger partial charge in [0.2, 0.25) is 0 Å². The van der Waals surface area contributed by atoms with Crippen LogP contribution in [0.5, 0.6) is 0 Å². The maximum atomic E-state index is 4.10. The fourth-order valence-electron chi connectivity index (χ4n) is 2.23. The van der Waals surface area contributed by atoms with E-state index in [1.54, 1.807) is 29.0 Å². The number of aromatic nitrogens is 2. The Morgan fingerprint density at radius 3 is 2.37 bits per heavy atom. The number of fused-ring (bicyclic) bond motifs is 1. The molecule has 0 fully saturated rings. The van der Waals surface area contributed by atoms with E-state index in [0.717, 1.165) is 5.69 Å². The summed E-state index contributed by atoms with van der Waals surface area (Å²) in [6.07, 6.45) is 3.61. The average molecular weight is 282 g/mol. The predicted octanol–water partition coefficient (Wildman–Crippen LogP) is 5.02. The molecule has 0 saturated carbocycles. The second-order valence-electron chi connectivity index (χ2n) is 4.29. The summed E-state index contributed by atoms with van der Waals surface area (Å²) in [5, 5.41) is 4.46. The van der Waals surface area contributed by atoms with Crippen molar-refractivity contribution in [3.63, 3.8) is 0 Å². The second kappa shape index (κ2) is 4.33. The van der Waals surface area contributed by atoms with Crippen LogP contribution in [0.15, 0.2) is 53.6 Å². The van der Waals surface area contributed by atoms with Crippen LogP contribution in [0.1, 0.15) is 0 Å². The summed E-state index contributed by atoms with van der Waals surface area (Å²) in [5.74, 6) is 0. The Balaban J connectivity index is 1.93. The lowest BCUT2D eigenvalue weighted by Crippen LogP contribution is -1.71. The molecule has 4 heteroatoms. The molecule has 1 N–H and O–H groups in total. The van der Waals surface area contributed by atoms with Crippen LogP contribution in [0.25, 0.3) is 31.8 Å². The van der Waals surface area contributed by atoms with Crippen LogP contribution >= 0.6 is 22.7 Å². The van der Waals surface area contributed by atoms with Crippen LogP contribution in [0.2, 0.25) is 0 Å². The third-order valence-corrected chi connectivity index (χ3v) is 5.31. The molecule has 0 unspecified atom stereocenters. The minimum absolute atomic E-state index is 1.09. The molecule has 0 radical (unpaired) electrons. The van der Waals surface area contributed by atoms with Crippen molar-refractivity contribution in [2.45, 2.75) is 0 Å². The molecule has 0 aliphatic heterocycles. The summed E-state index contributed by atoms with van der Waals surface area (Å²) in [6.45, 7) is 0. The molecule has 92 valence electrons. The van der Waals surface area contributed by atoms with Gasteiger partial charge in [0.15, 0.2) is 0 Å². The largest absolute Gasteiger partial charge is 0.345 e. The first-order valence-corrected chi connectivity index (χ1v) is 7.72. The molecule has 4 aromatic rings. The molecule has 1 aromatic carbocycles. The van der Waals surface area contributed by atoms with Gasteiger partial charge >= 0.3 is 0 Å². The summed E-state index contributed by atoms with van der Waals surface area (Å²) >= 11 is 3.61. The number of hydrogen-bond acceptors (Lipinski definition) is 3. The number of rotatable bonds is 2. The Bertz CT molecular complexity index is 810. The number of aromatic amines is 1. The molecular formula is C15H10N2S2. The van der Waals surface area contributed by atoms with Crippen molar-refractivity contribution >= 4 is 32.1 Å². The van der Waals surface area contributed by atoms with Gasteiger partial charge in [0.1, 0.15) is 0 Å². The first kappa shape index (κ1) is 11.0. The Labute approximate surface area is 118 Å². The molecule has 0 saturated heterocycles. The molecule has 2 nitrogen and oxygen atoms in total. The maximum Gasteiger partial charge on any atom is 0.0924 e. The van der Waals surface area contributed by atoms with Gasteiger partial charge in [-0.3, -0.25) is 0 Å². The molecule has 3 aromatic heterocycles. The van der Waals surface area contributed by atoms with Crippen molar-refractivity contribution in [3.8, 4) is 22.4 Å². The standard InChI is InChI=1S/C15H10N2S2/c1-2-4-10(5-3-1)11-7-18-15-12(8-19-14(11)15)13-6-16-9-17-13/h1-9H,(H,16,17). The van der Waals surface area contributed by atoms with Crippen molar-refractivity contribution in [3.05, 3.63) is 53.6 Å². The van der Waals surface area contributed by atoms with Gasteiger partial charge in [0.05, 0.1) is 27.6 Å². The number of nitrogens with zero attached hydrogens (tertiary/aromatic N) is 1. The molecule has 0 spiro atoms. The molecule has 4 rings (SSSR count). The molecule has 0 atom stereocenters. The number of thiophene rings is 2. The first-order valence-electron chi connectivity index (χ1n) is 5.96. The summed E-state index contributed by atoms with van der Waals surface area (Å²) in [6, 6.07) is 10.6. The zero-order chi connectivity index (χ0) is 12.7. The summed E-state index contributed by atoms with van der Waals surface area (Å²) in [4.78, 5) is 7.29. The zero-order valence-electron chi connectivity index (χ0n) is 9.96. The Morgan fingerprint density at radius 2 is 1.63 bits per heavy atom. The number of hydrogen-bond donors (Lipinski definition) is 1. The van der Waals surface area contributed by atoms with E-state index in [1.807, 2.05) is 6.20 Å². The lowest BCUT2D eigenvalue weighted by molar-refractivity contribution is 1.32. The Hall–Kier alpha value is -1.91. The van der Waals surface area contributed by atoms with Crippen molar-refractivity contribution in [2.75, 3.05) is 0 Å². The lowest BCUT2D eigenvalue weighted by Gasteiger charge is -1.96. The van der Waals surface area contributed by atoms with Crippen LogP contribution < -0.4 is 0 Å². The molecule has 0 aliphatic carbocycles. The zero-order valence-corrected chi connectivity index (χ0v) is 11.6. The fourth-order valence-corrected chi connectivity index (χ4v) is 4.67. The monoisotopic (exact) mass is 282 g/mol. The van der Waals surface area contributed by atoms with E-state index in [2.05, 4.69) is 51.1 Å². The number of H-pyrrole nitrogens is 1. The van der Waals surface area contributed by atoms with Crippen LogP contribution in [0.4, 0.5) is 0 Å². The molecule has 0 bridgehead atoms. The predicted molar refractivity (Wildman–Crippen MR) is 82.7 cm³/mol. The third-order valence-electron chi connectivity index (χ3n) is 3.16. The van der Waals surface area contributed by atoms with Crippen LogP contribution in [-0.4, -0.2) is 9.97 Å². The van der Waals surface area contributed by atoms with Gasteiger partial charge < -0.3 is 4.98 Å². The highest BCUT2D eigenvalue weighted by atomic mass is 32.1. The van der Waals surface area contributed by atoms with Gasteiger partial charge in [-0.2, -0.15) is 0 Å². The normalized spacial score (nSPS) is 11.2. The van der Waals surface area contributed by atoms with Gasteiger partial charge in [-0.05, 0) is 5.56 Å². The van der Waals surface area contributed by atoms with Crippen LogP contribution in [-0.2, 0) is 0 Å². The number of imidazole rings is 1. The topological polar surface area (TPSA) is 28.7 Å². The first-order chi connectivity index (χ1) is 9.43. The smallest absolute Gasteiger partial charge is 0.0924 e. The van der Waals surface area contributed by atoms with Gasteiger partial charge in [-0.15, -0.1) is 22.7 Å². The molecule has 0 aliphatic rings. The molecule has 0 amide bonds. The SMILES string of the molecule is c1ccc(-c2csc3c(-c4cnc[nH]4)csc23)cc1. The summed E-state index contributed by atoms with van der Waals surface area (Å²) < 4.78 is 2.70. The summed E-state index contributed by atoms with van der Waals surface area (Å²) in [5.41, 5.74) is 4.96. The van der Waals surface area contributed by atoms with Gasteiger partial charge in [0, 0.05) is 21.9 Å². The highest BCUT2D eigenvalue weighted by Gasteiger charge is 2.13. The lowest BCUT2D eigenvalue weighted by atomic mass is 10.1. The van der Waals surface area contributed by atoms with Crippen molar-refractivity contribution < 1.29 is 0 Å². The van der Waals surface area contributed by atoms with Crippen LogP contribution in [0.3, 0.4) is 0 Å². The Kier molecular flexibility index (Phi) is 2.50. The second-order valence-corrected chi connectivity index (χ2v) is 6.05. The van der Waals surface area contributed by atoms with Crippen LogP contribution in [0, 0.1) is 0 Å². The molecule has 19 heavy (non-hydrogen) atoms. The maximum absolute atomic E-state index is 4.10. The average Bonchev–Trinajstić information content (AvgIpc) is 3.16. The summed E-state index contributed by atoms with van der Waals surface area (Å²) in [7, 11) is 0. The van der Waals surface area contributed by atoms with E-state index in [4.69, 9.17) is 0 Å².